The van der Waals surface area contributed by atoms with Crippen molar-refractivity contribution in [2.45, 2.75) is 6.54 Å². The first-order valence-corrected chi connectivity index (χ1v) is 7.23. The molecule has 0 amide bonds. The lowest BCUT2D eigenvalue weighted by molar-refractivity contribution is 0.627. The second-order valence-corrected chi connectivity index (χ2v) is 5.84. The summed E-state index contributed by atoms with van der Waals surface area (Å²) in [5, 5.41) is 4.10. The zero-order valence-corrected chi connectivity index (χ0v) is 13.3. The van der Waals surface area contributed by atoms with E-state index in [2.05, 4.69) is 21.2 Å². The predicted octanol–water partition coefficient (Wildman–Crippen LogP) is 6.16. The number of halogens is 5. The molecule has 0 unspecified atom stereocenters. The Bertz CT molecular complexity index is 619. The zero-order chi connectivity index (χ0) is 14.0. The molecule has 0 atom stereocenters. The smallest absolute Gasteiger partial charge is 0.141 e. The van der Waals surface area contributed by atoms with Crippen molar-refractivity contribution in [3.05, 3.63) is 61.3 Å². The Morgan fingerprint density at radius 2 is 1.79 bits per heavy atom. The van der Waals surface area contributed by atoms with E-state index in [1.54, 1.807) is 18.2 Å². The number of hydrogen-bond donors (Lipinski definition) is 1. The van der Waals surface area contributed by atoms with E-state index in [1.807, 2.05) is 6.07 Å². The average molecular weight is 383 g/mol. The maximum absolute atomic E-state index is 13.0. The molecular weight excluding hydrogens is 375 g/mol. The second kappa shape index (κ2) is 6.31. The van der Waals surface area contributed by atoms with Crippen LogP contribution in [0.5, 0.6) is 0 Å². The molecule has 0 spiro atoms. The van der Waals surface area contributed by atoms with Crippen LogP contribution in [0.1, 0.15) is 5.56 Å². The molecule has 0 aliphatic heterocycles. The van der Waals surface area contributed by atoms with Crippen LogP contribution in [-0.4, -0.2) is 0 Å². The van der Waals surface area contributed by atoms with Crippen molar-refractivity contribution in [3.8, 4) is 0 Å². The Morgan fingerprint density at radius 1 is 1.05 bits per heavy atom. The highest BCUT2D eigenvalue weighted by Gasteiger charge is 2.08. The molecule has 19 heavy (non-hydrogen) atoms. The number of rotatable bonds is 3. The van der Waals surface area contributed by atoms with Crippen molar-refractivity contribution in [1.29, 1.82) is 0 Å². The Balaban J connectivity index is 2.14. The Morgan fingerprint density at radius 3 is 2.47 bits per heavy atom. The highest BCUT2D eigenvalue weighted by molar-refractivity contribution is 9.10. The largest absolute Gasteiger partial charge is 0.380 e. The van der Waals surface area contributed by atoms with Crippen LogP contribution < -0.4 is 5.32 Å². The maximum atomic E-state index is 13.0. The molecule has 1 nitrogen and oxygen atoms in total. The summed E-state index contributed by atoms with van der Waals surface area (Å²) in [6.45, 7) is 0.470. The van der Waals surface area contributed by atoms with Crippen LogP contribution in [0.15, 0.2) is 34.8 Å². The number of hydrogen-bond acceptors (Lipinski definition) is 1. The van der Waals surface area contributed by atoms with E-state index in [0.29, 0.717) is 22.3 Å². The first kappa shape index (κ1) is 14.9. The summed E-state index contributed by atoms with van der Waals surface area (Å²) >= 11 is 21.1. The van der Waals surface area contributed by atoms with Crippen LogP contribution in [-0.2, 0) is 6.54 Å². The molecular formula is C13H8BrCl3FN. The van der Waals surface area contributed by atoms with Gasteiger partial charge < -0.3 is 5.32 Å². The molecule has 2 rings (SSSR count). The minimum absolute atomic E-state index is 0.0965. The van der Waals surface area contributed by atoms with E-state index in [-0.39, 0.29) is 5.02 Å². The Kier molecular flexibility index (Phi) is 4.96. The van der Waals surface area contributed by atoms with Crippen molar-refractivity contribution in [2.24, 2.45) is 0 Å². The highest BCUT2D eigenvalue weighted by atomic mass is 79.9. The lowest BCUT2D eigenvalue weighted by atomic mass is 10.2. The Hall–Kier alpha value is -0.480. The molecule has 0 bridgehead atoms. The molecule has 0 aliphatic rings. The van der Waals surface area contributed by atoms with Gasteiger partial charge in [0, 0.05) is 11.0 Å². The molecule has 2 aromatic carbocycles. The van der Waals surface area contributed by atoms with Gasteiger partial charge in [0.1, 0.15) is 5.82 Å². The molecule has 0 aromatic heterocycles. The lowest BCUT2D eigenvalue weighted by Gasteiger charge is -2.10. The number of nitrogens with one attached hydrogen (secondary N) is 1. The van der Waals surface area contributed by atoms with Gasteiger partial charge in [-0.1, -0.05) is 40.9 Å². The van der Waals surface area contributed by atoms with E-state index in [1.165, 1.54) is 6.07 Å². The summed E-state index contributed by atoms with van der Waals surface area (Å²) < 4.78 is 13.8. The van der Waals surface area contributed by atoms with E-state index in [0.717, 1.165) is 10.0 Å². The summed E-state index contributed by atoms with van der Waals surface area (Å²) in [5.41, 5.74) is 1.55. The molecule has 6 heteroatoms. The van der Waals surface area contributed by atoms with Gasteiger partial charge in [-0.3, -0.25) is 0 Å². The van der Waals surface area contributed by atoms with Crippen LogP contribution in [0.25, 0.3) is 0 Å². The third kappa shape index (κ3) is 3.54. The first-order chi connectivity index (χ1) is 8.99. The number of benzene rings is 2. The van der Waals surface area contributed by atoms with Gasteiger partial charge >= 0.3 is 0 Å². The van der Waals surface area contributed by atoms with Crippen molar-refractivity contribution >= 4 is 56.4 Å². The van der Waals surface area contributed by atoms with Gasteiger partial charge in [-0.05, 0) is 45.8 Å². The van der Waals surface area contributed by atoms with Crippen molar-refractivity contribution in [1.82, 2.24) is 0 Å². The van der Waals surface area contributed by atoms with Gasteiger partial charge in [0.25, 0.3) is 0 Å². The van der Waals surface area contributed by atoms with E-state index in [9.17, 15) is 4.39 Å². The van der Waals surface area contributed by atoms with E-state index < -0.39 is 5.82 Å². The van der Waals surface area contributed by atoms with Crippen molar-refractivity contribution < 1.29 is 4.39 Å². The van der Waals surface area contributed by atoms with E-state index >= 15 is 0 Å². The second-order valence-electron chi connectivity index (χ2n) is 3.82. The summed E-state index contributed by atoms with van der Waals surface area (Å²) in [6, 6.07) is 8.16. The zero-order valence-electron chi connectivity index (χ0n) is 9.48. The van der Waals surface area contributed by atoms with E-state index in [4.69, 9.17) is 34.8 Å². The van der Waals surface area contributed by atoms with Gasteiger partial charge in [0.05, 0.1) is 20.8 Å². The van der Waals surface area contributed by atoms with Crippen LogP contribution in [0, 0.1) is 5.82 Å². The third-order valence-electron chi connectivity index (χ3n) is 2.50. The maximum Gasteiger partial charge on any atom is 0.141 e. The van der Waals surface area contributed by atoms with Crippen LogP contribution >= 0.6 is 50.7 Å². The third-order valence-corrected chi connectivity index (χ3v) is 4.56. The topological polar surface area (TPSA) is 12.0 Å². The lowest BCUT2D eigenvalue weighted by Crippen LogP contribution is -2.00. The Labute approximate surface area is 133 Å². The molecule has 1 N–H and O–H groups in total. The first-order valence-electron chi connectivity index (χ1n) is 5.30. The summed E-state index contributed by atoms with van der Waals surface area (Å²) in [7, 11) is 0. The average Bonchev–Trinajstić information content (AvgIpc) is 2.39. The van der Waals surface area contributed by atoms with Crippen LogP contribution in [0.2, 0.25) is 15.1 Å². The van der Waals surface area contributed by atoms with Gasteiger partial charge in [-0.25, -0.2) is 4.39 Å². The summed E-state index contributed by atoms with van der Waals surface area (Å²) in [6.07, 6.45) is 0. The SMILES string of the molecule is Fc1ccc(CNc2ccc(Br)c(Cl)c2Cl)cc1Cl. The standard InChI is InChI=1S/C13H8BrCl3FN/c14-8-2-4-11(13(17)12(8)16)19-6-7-1-3-10(18)9(15)5-7/h1-5,19H,6H2. The normalized spacial score (nSPS) is 10.6. The predicted molar refractivity (Wildman–Crippen MR) is 82.9 cm³/mol. The quantitative estimate of drug-likeness (QED) is 0.626. The fraction of sp³-hybridized carbons (Fsp3) is 0.0769. The molecule has 0 saturated heterocycles. The summed E-state index contributed by atoms with van der Waals surface area (Å²) in [4.78, 5) is 0. The molecule has 2 aromatic rings. The van der Waals surface area contributed by atoms with Crippen LogP contribution in [0.3, 0.4) is 0 Å². The highest BCUT2D eigenvalue weighted by Crippen LogP contribution is 2.36. The van der Waals surface area contributed by atoms with Crippen LogP contribution in [0.4, 0.5) is 10.1 Å². The molecule has 0 fully saturated rings. The monoisotopic (exact) mass is 381 g/mol. The minimum atomic E-state index is -0.435. The number of anilines is 1. The van der Waals surface area contributed by atoms with Gasteiger partial charge in [0.15, 0.2) is 0 Å². The molecule has 0 aliphatic carbocycles. The molecule has 0 radical (unpaired) electrons. The molecule has 100 valence electrons. The molecule has 0 saturated carbocycles. The summed E-state index contributed by atoms with van der Waals surface area (Å²) in [5.74, 6) is -0.435. The van der Waals surface area contributed by atoms with Crippen molar-refractivity contribution in [2.75, 3.05) is 5.32 Å². The van der Waals surface area contributed by atoms with Crippen molar-refractivity contribution in [3.63, 3.8) is 0 Å². The fourth-order valence-corrected chi connectivity index (χ4v) is 2.55. The van der Waals surface area contributed by atoms with Gasteiger partial charge in [0.2, 0.25) is 0 Å². The van der Waals surface area contributed by atoms with Gasteiger partial charge in [-0.2, -0.15) is 0 Å². The fourth-order valence-electron chi connectivity index (χ4n) is 1.51. The molecule has 0 heterocycles. The van der Waals surface area contributed by atoms with Gasteiger partial charge in [-0.15, -0.1) is 0 Å². The minimum Gasteiger partial charge on any atom is -0.380 e.